The van der Waals surface area contributed by atoms with Gasteiger partial charge in [0, 0.05) is 16.3 Å². The summed E-state index contributed by atoms with van der Waals surface area (Å²) in [5, 5.41) is 5.67. The number of esters is 1. The first kappa shape index (κ1) is 14.9. The number of ether oxygens (including phenoxy) is 1. The Morgan fingerprint density at radius 1 is 1.55 bits per heavy atom. The Labute approximate surface area is 128 Å². The molecule has 0 saturated carbocycles. The molecule has 106 valence electrons. The van der Waals surface area contributed by atoms with Gasteiger partial charge < -0.3 is 10.1 Å². The van der Waals surface area contributed by atoms with Gasteiger partial charge in [0.1, 0.15) is 5.82 Å². The molecule has 20 heavy (non-hydrogen) atoms. The second-order valence-electron chi connectivity index (χ2n) is 3.97. The minimum Gasteiger partial charge on any atom is -0.469 e. The zero-order valence-corrected chi connectivity index (χ0v) is 13.1. The molecule has 0 amide bonds. The van der Waals surface area contributed by atoms with E-state index >= 15 is 0 Å². The van der Waals surface area contributed by atoms with Crippen molar-refractivity contribution in [3.8, 4) is 0 Å². The highest BCUT2D eigenvalue weighted by molar-refractivity contribution is 9.10. The number of halogens is 2. The molecule has 2 rings (SSSR count). The molecule has 0 saturated heterocycles. The van der Waals surface area contributed by atoms with Gasteiger partial charge in [-0.1, -0.05) is 0 Å². The lowest BCUT2D eigenvalue weighted by molar-refractivity contribution is -0.140. The van der Waals surface area contributed by atoms with Crippen LogP contribution in [-0.2, 0) is 16.0 Å². The van der Waals surface area contributed by atoms with Crippen molar-refractivity contribution in [1.29, 1.82) is 0 Å². The fourth-order valence-corrected chi connectivity index (χ4v) is 2.72. The van der Waals surface area contributed by atoms with Gasteiger partial charge in [-0.05, 0) is 34.1 Å². The molecule has 4 nitrogen and oxygen atoms in total. The average Bonchev–Trinajstić information content (AvgIpc) is 2.87. The number of aromatic nitrogens is 1. The van der Waals surface area contributed by atoms with E-state index in [1.165, 1.54) is 30.6 Å². The van der Waals surface area contributed by atoms with Gasteiger partial charge in [-0.3, -0.25) is 4.79 Å². The summed E-state index contributed by atoms with van der Waals surface area (Å²) in [7, 11) is 1.36. The Bertz CT molecular complexity index is 618. The van der Waals surface area contributed by atoms with Gasteiger partial charge in [-0.2, -0.15) is 0 Å². The Kier molecular flexibility index (Phi) is 5.08. The van der Waals surface area contributed by atoms with Crippen LogP contribution in [0.15, 0.2) is 28.1 Å². The molecular formula is C13H12BrFN2O2S. The van der Waals surface area contributed by atoms with E-state index < -0.39 is 0 Å². The smallest absolute Gasteiger partial charge is 0.305 e. The lowest BCUT2D eigenvalue weighted by Gasteiger charge is -2.05. The molecular weight excluding hydrogens is 347 g/mol. The number of hydrogen-bond acceptors (Lipinski definition) is 5. The van der Waals surface area contributed by atoms with Crippen LogP contribution in [0.2, 0.25) is 0 Å². The van der Waals surface area contributed by atoms with E-state index in [0.29, 0.717) is 22.4 Å². The van der Waals surface area contributed by atoms with Crippen molar-refractivity contribution in [3.05, 3.63) is 39.6 Å². The van der Waals surface area contributed by atoms with E-state index in [1.54, 1.807) is 6.07 Å². The minimum absolute atomic E-state index is 0.256. The maximum Gasteiger partial charge on any atom is 0.305 e. The highest BCUT2D eigenvalue weighted by Crippen LogP contribution is 2.28. The zero-order chi connectivity index (χ0) is 14.5. The molecule has 1 N–H and O–H groups in total. The van der Waals surface area contributed by atoms with E-state index in [4.69, 9.17) is 0 Å². The second-order valence-corrected chi connectivity index (χ2v) is 5.68. The predicted octanol–water partition coefficient (Wildman–Crippen LogP) is 3.89. The van der Waals surface area contributed by atoms with Gasteiger partial charge >= 0.3 is 5.97 Å². The van der Waals surface area contributed by atoms with Gasteiger partial charge in [-0.15, -0.1) is 11.3 Å². The van der Waals surface area contributed by atoms with Crippen molar-refractivity contribution in [2.45, 2.75) is 12.8 Å². The molecule has 0 fully saturated rings. The normalized spacial score (nSPS) is 10.3. The number of carbonyl (C=O) groups is 1. The third kappa shape index (κ3) is 4.01. The highest BCUT2D eigenvalue weighted by Gasteiger charge is 2.07. The lowest BCUT2D eigenvalue weighted by atomic mass is 10.2. The van der Waals surface area contributed by atoms with E-state index in [2.05, 4.69) is 31.0 Å². The summed E-state index contributed by atoms with van der Waals surface area (Å²) in [4.78, 5) is 15.4. The maximum atomic E-state index is 13.0. The fraction of sp³-hybridized carbons (Fsp3) is 0.231. The van der Waals surface area contributed by atoms with E-state index in [0.717, 1.165) is 11.4 Å². The molecule has 0 radical (unpaired) electrons. The number of hydrogen-bond donors (Lipinski definition) is 1. The number of benzene rings is 1. The van der Waals surface area contributed by atoms with Crippen LogP contribution in [0, 0.1) is 5.82 Å². The fourth-order valence-electron chi connectivity index (χ4n) is 1.52. The summed E-state index contributed by atoms with van der Waals surface area (Å²) in [6.45, 7) is 0. The molecule has 0 atom stereocenters. The Morgan fingerprint density at radius 2 is 2.35 bits per heavy atom. The first-order valence-electron chi connectivity index (χ1n) is 5.82. The van der Waals surface area contributed by atoms with E-state index in [1.807, 2.05) is 5.38 Å². The zero-order valence-electron chi connectivity index (χ0n) is 10.7. The standard InChI is InChI=1S/C13H12BrFN2O2S/c1-19-12(18)5-3-9-7-20-13(16-9)17-11-4-2-8(15)6-10(11)14/h2,4,6-7H,3,5H2,1H3,(H,16,17). The van der Waals surface area contributed by atoms with Gasteiger partial charge in [0.15, 0.2) is 5.13 Å². The lowest BCUT2D eigenvalue weighted by Crippen LogP contribution is -2.02. The molecule has 7 heteroatoms. The average molecular weight is 359 g/mol. The summed E-state index contributed by atoms with van der Waals surface area (Å²) in [6, 6.07) is 4.39. The van der Waals surface area contributed by atoms with Crippen LogP contribution < -0.4 is 5.32 Å². The van der Waals surface area contributed by atoms with Gasteiger partial charge in [0.2, 0.25) is 0 Å². The van der Waals surface area contributed by atoms with Gasteiger partial charge in [-0.25, -0.2) is 9.37 Å². The van der Waals surface area contributed by atoms with Crippen LogP contribution >= 0.6 is 27.3 Å². The topological polar surface area (TPSA) is 51.2 Å². The van der Waals surface area contributed by atoms with E-state index in [-0.39, 0.29) is 11.8 Å². The van der Waals surface area contributed by atoms with Crippen molar-refractivity contribution in [3.63, 3.8) is 0 Å². The third-order valence-electron chi connectivity index (χ3n) is 2.54. The molecule has 1 aromatic carbocycles. The third-order valence-corrected chi connectivity index (χ3v) is 4.00. The number of thiazole rings is 1. The maximum absolute atomic E-state index is 13.0. The minimum atomic E-state index is -0.305. The highest BCUT2D eigenvalue weighted by atomic mass is 79.9. The van der Waals surface area contributed by atoms with Crippen LogP contribution in [0.25, 0.3) is 0 Å². The van der Waals surface area contributed by atoms with Crippen molar-refractivity contribution < 1.29 is 13.9 Å². The largest absolute Gasteiger partial charge is 0.469 e. The number of nitrogens with one attached hydrogen (secondary N) is 1. The number of methoxy groups -OCH3 is 1. The molecule has 1 heterocycles. The summed E-state index contributed by atoms with van der Waals surface area (Å²) >= 11 is 4.71. The van der Waals surface area contributed by atoms with Crippen molar-refractivity contribution in [2.75, 3.05) is 12.4 Å². The first-order valence-corrected chi connectivity index (χ1v) is 7.49. The van der Waals surface area contributed by atoms with Crippen LogP contribution in [0.3, 0.4) is 0 Å². The Hall–Kier alpha value is -1.47. The van der Waals surface area contributed by atoms with Crippen LogP contribution in [-0.4, -0.2) is 18.1 Å². The Morgan fingerprint density at radius 3 is 3.05 bits per heavy atom. The number of anilines is 2. The quantitative estimate of drug-likeness (QED) is 0.823. The SMILES string of the molecule is COC(=O)CCc1csc(Nc2ccc(F)cc2Br)n1. The number of carbonyl (C=O) groups excluding carboxylic acids is 1. The Balaban J connectivity index is 2.00. The van der Waals surface area contributed by atoms with Gasteiger partial charge in [0.05, 0.1) is 24.9 Å². The molecule has 0 unspecified atom stereocenters. The molecule has 0 bridgehead atoms. The molecule has 0 aliphatic heterocycles. The van der Waals surface area contributed by atoms with E-state index in [9.17, 15) is 9.18 Å². The van der Waals surface area contributed by atoms with Gasteiger partial charge in [0.25, 0.3) is 0 Å². The summed E-state index contributed by atoms with van der Waals surface area (Å²) in [5.74, 6) is -0.561. The number of aryl methyl sites for hydroxylation is 1. The van der Waals surface area contributed by atoms with Crippen molar-refractivity contribution in [2.24, 2.45) is 0 Å². The van der Waals surface area contributed by atoms with Crippen molar-refractivity contribution >= 4 is 44.1 Å². The molecule has 0 aliphatic carbocycles. The molecule has 1 aromatic heterocycles. The first-order chi connectivity index (χ1) is 9.58. The molecule has 2 aromatic rings. The summed E-state index contributed by atoms with van der Waals surface area (Å²) in [5.41, 5.74) is 1.56. The van der Waals surface area contributed by atoms with Crippen LogP contribution in [0.1, 0.15) is 12.1 Å². The molecule has 0 aliphatic rings. The number of nitrogens with zero attached hydrogens (tertiary/aromatic N) is 1. The monoisotopic (exact) mass is 358 g/mol. The number of rotatable bonds is 5. The van der Waals surface area contributed by atoms with Crippen LogP contribution in [0.4, 0.5) is 15.2 Å². The summed E-state index contributed by atoms with van der Waals surface area (Å²) < 4.78 is 18.2. The predicted molar refractivity (Wildman–Crippen MR) is 79.8 cm³/mol. The summed E-state index contributed by atoms with van der Waals surface area (Å²) in [6.07, 6.45) is 0.843. The van der Waals surface area contributed by atoms with Crippen molar-refractivity contribution in [1.82, 2.24) is 4.98 Å². The second kappa shape index (κ2) is 6.81. The van der Waals surface area contributed by atoms with Crippen LogP contribution in [0.5, 0.6) is 0 Å². The molecule has 0 spiro atoms.